The molecular weight excluding hydrogens is 425 g/mol. The largest absolute Gasteiger partial charge is 0.328 e. The van der Waals surface area contributed by atoms with E-state index in [-0.39, 0.29) is 17.3 Å². The number of hydrogen-bond acceptors (Lipinski definition) is 4. The molecule has 2 aromatic carbocycles. The fourth-order valence-corrected chi connectivity index (χ4v) is 4.43. The van der Waals surface area contributed by atoms with Crippen molar-refractivity contribution in [3.8, 4) is 5.69 Å². The summed E-state index contributed by atoms with van der Waals surface area (Å²) in [5.41, 5.74) is 0.829. The van der Waals surface area contributed by atoms with Crippen LogP contribution in [0.3, 0.4) is 0 Å². The van der Waals surface area contributed by atoms with Crippen molar-refractivity contribution in [3.63, 3.8) is 0 Å². The van der Waals surface area contributed by atoms with Crippen LogP contribution in [0.15, 0.2) is 70.8 Å². The number of benzene rings is 2. The molecule has 0 saturated heterocycles. The van der Waals surface area contributed by atoms with Crippen molar-refractivity contribution in [2.45, 2.75) is 32.7 Å². The molecule has 1 atom stereocenters. The Labute approximate surface area is 189 Å². The van der Waals surface area contributed by atoms with E-state index in [1.165, 1.54) is 28.0 Å². The predicted molar refractivity (Wildman–Crippen MR) is 126 cm³/mol. The molecule has 4 rings (SSSR count). The summed E-state index contributed by atoms with van der Waals surface area (Å²) in [6, 6.07) is 16.1. The van der Waals surface area contributed by atoms with Crippen LogP contribution in [0, 0.1) is 5.82 Å². The van der Waals surface area contributed by atoms with E-state index in [1.807, 2.05) is 24.4 Å². The molecule has 1 amide bonds. The number of carbonyl (C=O) groups excluding carboxylic acids is 1. The predicted octanol–water partition coefficient (Wildman–Crippen LogP) is 5.59. The van der Waals surface area contributed by atoms with Gasteiger partial charge in [-0.2, -0.15) is 0 Å². The second-order valence-electron chi connectivity index (χ2n) is 7.61. The Balaban J connectivity index is 1.90. The average Bonchev–Trinajstić information content (AvgIpc) is 3.35. The summed E-state index contributed by atoms with van der Waals surface area (Å²) in [5, 5.41) is 2.34. The molecule has 4 aromatic rings. The molecule has 2 heterocycles. The van der Waals surface area contributed by atoms with E-state index in [2.05, 4.69) is 6.92 Å². The second-order valence-corrected chi connectivity index (χ2v) is 8.56. The molecule has 32 heavy (non-hydrogen) atoms. The van der Waals surface area contributed by atoms with Crippen LogP contribution in [-0.2, 0) is 0 Å². The van der Waals surface area contributed by atoms with Crippen molar-refractivity contribution in [1.82, 2.24) is 14.5 Å². The summed E-state index contributed by atoms with van der Waals surface area (Å²) in [7, 11) is 0. The zero-order chi connectivity index (χ0) is 22.7. The molecule has 164 valence electrons. The molecule has 0 saturated carbocycles. The van der Waals surface area contributed by atoms with Crippen molar-refractivity contribution in [3.05, 3.63) is 92.9 Å². The van der Waals surface area contributed by atoms with Crippen molar-refractivity contribution < 1.29 is 9.18 Å². The molecule has 5 nitrogen and oxygen atoms in total. The summed E-state index contributed by atoms with van der Waals surface area (Å²) in [5.74, 6) is -0.0297. The molecule has 0 fully saturated rings. The zero-order valence-corrected chi connectivity index (χ0v) is 18.8. The van der Waals surface area contributed by atoms with Crippen LogP contribution >= 0.6 is 11.3 Å². The molecule has 0 radical (unpaired) electrons. The third-order valence-electron chi connectivity index (χ3n) is 5.47. The van der Waals surface area contributed by atoms with Gasteiger partial charge < -0.3 is 4.90 Å². The maximum Gasteiger partial charge on any atom is 0.266 e. The molecule has 0 spiro atoms. The summed E-state index contributed by atoms with van der Waals surface area (Å²) in [6.45, 7) is 4.50. The molecule has 0 aliphatic carbocycles. The normalized spacial score (nSPS) is 12.1. The molecule has 0 bridgehead atoms. The number of fused-ring (bicyclic) bond motifs is 1. The topological polar surface area (TPSA) is 55.2 Å². The highest BCUT2D eigenvalue weighted by atomic mass is 32.1. The Morgan fingerprint density at radius 3 is 2.56 bits per heavy atom. The van der Waals surface area contributed by atoms with E-state index in [0.29, 0.717) is 33.8 Å². The minimum Gasteiger partial charge on any atom is -0.328 e. The molecule has 7 heteroatoms. The van der Waals surface area contributed by atoms with Gasteiger partial charge >= 0.3 is 0 Å². The zero-order valence-electron chi connectivity index (χ0n) is 18.0. The van der Waals surface area contributed by atoms with E-state index < -0.39 is 6.04 Å². The minimum atomic E-state index is -0.474. The highest BCUT2D eigenvalue weighted by Gasteiger charge is 2.27. The number of halogens is 1. The highest BCUT2D eigenvalue weighted by molar-refractivity contribution is 7.12. The van der Waals surface area contributed by atoms with E-state index in [0.717, 1.165) is 12.8 Å². The average molecular weight is 450 g/mol. The number of hydrogen-bond donors (Lipinski definition) is 0. The molecule has 0 aliphatic rings. The van der Waals surface area contributed by atoms with Gasteiger partial charge in [0, 0.05) is 6.54 Å². The fraction of sp³-hybridized carbons (Fsp3) is 0.240. The maximum atomic E-state index is 13.6. The third kappa shape index (κ3) is 4.21. The Morgan fingerprint density at radius 1 is 1.12 bits per heavy atom. The Kier molecular flexibility index (Phi) is 6.46. The molecule has 1 unspecified atom stereocenters. The standard InChI is InChI=1S/C25H24FN3O2S/c1-3-4-15-28(25(31)22-10-7-16-32-22)17(2)23-27-21-9-6-5-8-20(21)24(30)29(23)19-13-11-18(26)12-14-19/h5-14,16-17H,3-4,15H2,1-2H3. The van der Waals surface area contributed by atoms with Crippen LogP contribution in [0.25, 0.3) is 16.6 Å². The van der Waals surface area contributed by atoms with Gasteiger partial charge in [0.05, 0.1) is 27.5 Å². The Morgan fingerprint density at radius 2 is 1.88 bits per heavy atom. The number of amides is 1. The lowest BCUT2D eigenvalue weighted by molar-refractivity contribution is 0.0683. The first-order valence-electron chi connectivity index (χ1n) is 10.6. The van der Waals surface area contributed by atoms with Crippen molar-refractivity contribution in [2.24, 2.45) is 0 Å². The van der Waals surface area contributed by atoms with Crippen LogP contribution in [0.4, 0.5) is 4.39 Å². The van der Waals surface area contributed by atoms with Gasteiger partial charge in [0.1, 0.15) is 11.6 Å². The van der Waals surface area contributed by atoms with E-state index in [1.54, 1.807) is 41.3 Å². The lowest BCUT2D eigenvalue weighted by atomic mass is 10.1. The number of thiophene rings is 1. The summed E-state index contributed by atoms with van der Waals surface area (Å²) < 4.78 is 15.1. The highest BCUT2D eigenvalue weighted by Crippen LogP contribution is 2.26. The lowest BCUT2D eigenvalue weighted by Crippen LogP contribution is -2.37. The van der Waals surface area contributed by atoms with Crippen molar-refractivity contribution in [1.29, 1.82) is 0 Å². The monoisotopic (exact) mass is 449 g/mol. The van der Waals surface area contributed by atoms with E-state index in [4.69, 9.17) is 4.98 Å². The van der Waals surface area contributed by atoms with Gasteiger partial charge in [0.15, 0.2) is 0 Å². The van der Waals surface area contributed by atoms with Crippen molar-refractivity contribution in [2.75, 3.05) is 6.54 Å². The maximum absolute atomic E-state index is 13.6. The summed E-state index contributed by atoms with van der Waals surface area (Å²) >= 11 is 1.39. The number of carbonyl (C=O) groups is 1. The van der Waals surface area contributed by atoms with Gasteiger partial charge in [0.2, 0.25) is 0 Å². The minimum absolute atomic E-state index is 0.0889. The quantitative estimate of drug-likeness (QED) is 0.370. The SMILES string of the molecule is CCCCN(C(=O)c1cccs1)C(C)c1nc2ccccc2c(=O)n1-c1ccc(F)cc1. The number of aromatic nitrogens is 2. The number of para-hydroxylation sites is 1. The lowest BCUT2D eigenvalue weighted by Gasteiger charge is -2.30. The van der Waals surface area contributed by atoms with Crippen LogP contribution in [0.2, 0.25) is 0 Å². The molecule has 0 N–H and O–H groups in total. The van der Waals surface area contributed by atoms with Gasteiger partial charge in [-0.25, -0.2) is 9.37 Å². The first kappa shape index (κ1) is 21.9. The fourth-order valence-electron chi connectivity index (χ4n) is 3.75. The van der Waals surface area contributed by atoms with Crippen LogP contribution in [0.5, 0.6) is 0 Å². The van der Waals surface area contributed by atoms with Crippen LogP contribution < -0.4 is 5.56 Å². The first-order valence-corrected chi connectivity index (χ1v) is 11.5. The Bertz CT molecular complexity index is 1280. The van der Waals surface area contributed by atoms with Gasteiger partial charge in [-0.15, -0.1) is 11.3 Å². The molecule has 2 aromatic heterocycles. The van der Waals surface area contributed by atoms with Crippen LogP contribution in [-0.4, -0.2) is 26.9 Å². The van der Waals surface area contributed by atoms with Gasteiger partial charge in [0.25, 0.3) is 11.5 Å². The summed E-state index contributed by atoms with van der Waals surface area (Å²) in [4.78, 5) is 34.1. The molecular formula is C25H24FN3O2S. The second kappa shape index (κ2) is 9.44. The van der Waals surface area contributed by atoms with Crippen LogP contribution in [0.1, 0.15) is 48.2 Å². The summed E-state index contributed by atoms with van der Waals surface area (Å²) in [6.07, 6.45) is 1.76. The van der Waals surface area contributed by atoms with E-state index in [9.17, 15) is 14.0 Å². The first-order chi connectivity index (χ1) is 15.5. The van der Waals surface area contributed by atoms with E-state index >= 15 is 0 Å². The smallest absolute Gasteiger partial charge is 0.266 e. The Hall–Kier alpha value is -3.32. The van der Waals surface area contributed by atoms with Gasteiger partial charge in [-0.1, -0.05) is 31.5 Å². The molecule has 0 aliphatic heterocycles. The third-order valence-corrected chi connectivity index (χ3v) is 6.33. The number of nitrogens with zero attached hydrogens (tertiary/aromatic N) is 3. The van der Waals surface area contributed by atoms with Gasteiger partial charge in [-0.05, 0) is 61.2 Å². The van der Waals surface area contributed by atoms with Crippen molar-refractivity contribution >= 4 is 28.1 Å². The number of unbranched alkanes of at least 4 members (excludes halogenated alkanes) is 1. The number of rotatable bonds is 7. The van der Waals surface area contributed by atoms with Gasteiger partial charge in [-0.3, -0.25) is 14.2 Å².